The molecule has 1 unspecified atom stereocenters. The predicted octanol–water partition coefficient (Wildman–Crippen LogP) is 1.38. The van der Waals surface area contributed by atoms with Crippen LogP contribution in [-0.4, -0.2) is 17.4 Å². The zero-order chi connectivity index (χ0) is 12.7. The molecule has 17 heavy (non-hydrogen) atoms. The van der Waals surface area contributed by atoms with Crippen molar-refractivity contribution < 1.29 is 4.79 Å². The third-order valence-corrected chi connectivity index (χ3v) is 3.01. The van der Waals surface area contributed by atoms with Gasteiger partial charge in [-0.3, -0.25) is 9.78 Å². The zero-order valence-corrected chi connectivity index (χ0v) is 10.6. The Labute approximate surface area is 103 Å². The normalized spacial score (nSPS) is 12.2. The molecule has 3 N–H and O–H groups in total. The second kappa shape index (κ2) is 7.01. The Morgan fingerprint density at radius 1 is 1.59 bits per heavy atom. The Bertz CT molecular complexity index is 361. The molecular formula is C13H21N3O. The number of carbonyl (C=O) groups excluding carboxylic acids is 1. The van der Waals surface area contributed by atoms with Crippen molar-refractivity contribution in [2.45, 2.75) is 33.2 Å². The molecule has 0 aliphatic carbocycles. The first-order chi connectivity index (χ1) is 8.17. The highest BCUT2D eigenvalue weighted by Crippen LogP contribution is 2.07. The summed E-state index contributed by atoms with van der Waals surface area (Å²) in [7, 11) is 0. The first-order valence-electron chi connectivity index (χ1n) is 6.03. The fourth-order valence-corrected chi connectivity index (χ4v) is 1.60. The van der Waals surface area contributed by atoms with E-state index in [4.69, 9.17) is 5.73 Å². The van der Waals surface area contributed by atoms with Crippen LogP contribution in [0.4, 0.5) is 0 Å². The fourth-order valence-electron chi connectivity index (χ4n) is 1.60. The summed E-state index contributed by atoms with van der Waals surface area (Å²) in [5, 5.41) is 2.90. The van der Waals surface area contributed by atoms with Crippen molar-refractivity contribution in [2.24, 2.45) is 11.7 Å². The molecule has 0 aliphatic rings. The summed E-state index contributed by atoms with van der Waals surface area (Å²) in [6.07, 6.45) is 4.99. The molecule has 0 fully saturated rings. The lowest BCUT2D eigenvalue weighted by Gasteiger charge is -2.12. The van der Waals surface area contributed by atoms with Gasteiger partial charge >= 0.3 is 0 Å². The second-order valence-electron chi connectivity index (χ2n) is 4.29. The standard InChI is InChI=1S/C13H21N3O/c1-3-11(7-14)6-13(17)16-9-12-8-15-5-4-10(12)2/h4-5,8,11H,3,6-7,9,14H2,1-2H3,(H,16,17). The van der Waals surface area contributed by atoms with Crippen LogP contribution in [-0.2, 0) is 11.3 Å². The number of aryl methyl sites for hydroxylation is 1. The van der Waals surface area contributed by atoms with Gasteiger partial charge in [0.2, 0.25) is 5.91 Å². The molecule has 1 aromatic heterocycles. The van der Waals surface area contributed by atoms with E-state index < -0.39 is 0 Å². The average Bonchev–Trinajstić information content (AvgIpc) is 2.35. The first kappa shape index (κ1) is 13.6. The van der Waals surface area contributed by atoms with Gasteiger partial charge < -0.3 is 11.1 Å². The van der Waals surface area contributed by atoms with Crippen molar-refractivity contribution in [3.8, 4) is 0 Å². The van der Waals surface area contributed by atoms with Crippen molar-refractivity contribution in [3.05, 3.63) is 29.6 Å². The van der Waals surface area contributed by atoms with Crippen LogP contribution in [0.15, 0.2) is 18.5 Å². The second-order valence-corrected chi connectivity index (χ2v) is 4.29. The van der Waals surface area contributed by atoms with Gasteiger partial charge in [-0.25, -0.2) is 0 Å². The lowest BCUT2D eigenvalue weighted by molar-refractivity contribution is -0.122. The molecule has 4 heteroatoms. The van der Waals surface area contributed by atoms with Gasteiger partial charge in [-0.2, -0.15) is 0 Å². The van der Waals surface area contributed by atoms with Gasteiger partial charge in [-0.15, -0.1) is 0 Å². The monoisotopic (exact) mass is 235 g/mol. The number of rotatable bonds is 6. The quantitative estimate of drug-likeness (QED) is 0.782. The zero-order valence-electron chi connectivity index (χ0n) is 10.6. The third-order valence-electron chi connectivity index (χ3n) is 3.01. The summed E-state index contributed by atoms with van der Waals surface area (Å²) < 4.78 is 0. The fraction of sp³-hybridized carbons (Fsp3) is 0.538. The maximum absolute atomic E-state index is 11.7. The van der Waals surface area contributed by atoms with Crippen LogP contribution in [0.25, 0.3) is 0 Å². The number of aromatic nitrogens is 1. The number of nitrogens with zero attached hydrogens (tertiary/aromatic N) is 1. The van der Waals surface area contributed by atoms with Crippen LogP contribution >= 0.6 is 0 Å². The molecule has 1 atom stereocenters. The minimum absolute atomic E-state index is 0.0607. The molecule has 0 radical (unpaired) electrons. The molecule has 4 nitrogen and oxygen atoms in total. The van der Waals surface area contributed by atoms with Crippen molar-refractivity contribution >= 4 is 5.91 Å². The molecule has 0 bridgehead atoms. The van der Waals surface area contributed by atoms with Crippen molar-refractivity contribution in [3.63, 3.8) is 0 Å². The number of amides is 1. The van der Waals surface area contributed by atoms with Gasteiger partial charge in [0.25, 0.3) is 0 Å². The van der Waals surface area contributed by atoms with Gasteiger partial charge in [-0.1, -0.05) is 13.3 Å². The predicted molar refractivity (Wildman–Crippen MR) is 68.3 cm³/mol. The van der Waals surface area contributed by atoms with Crippen LogP contribution in [0.2, 0.25) is 0 Å². The summed E-state index contributed by atoms with van der Waals surface area (Å²) >= 11 is 0. The number of carbonyl (C=O) groups is 1. The summed E-state index contributed by atoms with van der Waals surface area (Å²) in [6.45, 7) is 5.17. The van der Waals surface area contributed by atoms with Gasteiger partial charge in [0, 0.05) is 25.4 Å². The number of nitrogens with two attached hydrogens (primary N) is 1. The van der Waals surface area contributed by atoms with Crippen LogP contribution < -0.4 is 11.1 Å². The smallest absolute Gasteiger partial charge is 0.220 e. The maximum Gasteiger partial charge on any atom is 0.220 e. The number of hydrogen-bond donors (Lipinski definition) is 2. The Morgan fingerprint density at radius 3 is 2.94 bits per heavy atom. The molecule has 0 aliphatic heterocycles. The van der Waals surface area contributed by atoms with Crippen LogP contribution in [0, 0.1) is 12.8 Å². The Kier molecular flexibility index (Phi) is 5.63. The highest BCUT2D eigenvalue weighted by atomic mass is 16.1. The lowest BCUT2D eigenvalue weighted by atomic mass is 10.0. The molecule has 94 valence electrons. The van der Waals surface area contributed by atoms with Gasteiger partial charge in [0.15, 0.2) is 0 Å². The molecule has 0 saturated heterocycles. The molecule has 1 amide bonds. The number of nitrogens with one attached hydrogen (secondary N) is 1. The van der Waals surface area contributed by atoms with E-state index in [1.165, 1.54) is 0 Å². The minimum atomic E-state index is 0.0607. The first-order valence-corrected chi connectivity index (χ1v) is 6.03. The van der Waals surface area contributed by atoms with E-state index in [1.54, 1.807) is 12.4 Å². The molecular weight excluding hydrogens is 214 g/mol. The molecule has 1 rings (SSSR count). The molecule has 0 spiro atoms. The van der Waals surface area contributed by atoms with Gasteiger partial charge in [-0.05, 0) is 36.6 Å². The van der Waals surface area contributed by atoms with Crippen molar-refractivity contribution in [1.29, 1.82) is 0 Å². The maximum atomic E-state index is 11.7. The SMILES string of the molecule is CCC(CN)CC(=O)NCc1cnccc1C. The average molecular weight is 235 g/mol. The van der Waals surface area contributed by atoms with Crippen molar-refractivity contribution in [2.75, 3.05) is 6.54 Å². The minimum Gasteiger partial charge on any atom is -0.352 e. The Morgan fingerprint density at radius 2 is 2.35 bits per heavy atom. The van der Waals surface area contributed by atoms with Crippen LogP contribution in [0.1, 0.15) is 30.9 Å². The summed E-state index contributed by atoms with van der Waals surface area (Å²) in [6, 6.07) is 1.94. The molecule has 0 aromatic carbocycles. The van der Waals surface area contributed by atoms with E-state index in [1.807, 2.05) is 13.0 Å². The van der Waals surface area contributed by atoms with Crippen LogP contribution in [0.5, 0.6) is 0 Å². The van der Waals surface area contributed by atoms with E-state index in [9.17, 15) is 4.79 Å². The third kappa shape index (κ3) is 4.53. The van der Waals surface area contributed by atoms with Gasteiger partial charge in [0.1, 0.15) is 0 Å². The molecule has 1 heterocycles. The van der Waals surface area contributed by atoms with E-state index in [-0.39, 0.29) is 11.8 Å². The summed E-state index contributed by atoms with van der Waals surface area (Å²) in [5.41, 5.74) is 7.77. The Balaban J connectivity index is 2.41. The molecule has 0 saturated carbocycles. The van der Waals surface area contributed by atoms with E-state index in [2.05, 4.69) is 17.2 Å². The van der Waals surface area contributed by atoms with E-state index >= 15 is 0 Å². The Hall–Kier alpha value is -1.42. The van der Waals surface area contributed by atoms with Crippen molar-refractivity contribution in [1.82, 2.24) is 10.3 Å². The summed E-state index contributed by atoms with van der Waals surface area (Å²) in [4.78, 5) is 15.7. The molecule has 1 aromatic rings. The summed E-state index contributed by atoms with van der Waals surface area (Å²) in [5.74, 6) is 0.343. The number of pyridine rings is 1. The van der Waals surface area contributed by atoms with Gasteiger partial charge in [0.05, 0.1) is 0 Å². The highest BCUT2D eigenvalue weighted by Gasteiger charge is 2.10. The lowest BCUT2D eigenvalue weighted by Crippen LogP contribution is -2.27. The highest BCUT2D eigenvalue weighted by molar-refractivity contribution is 5.76. The topological polar surface area (TPSA) is 68.0 Å². The van der Waals surface area contributed by atoms with E-state index in [0.29, 0.717) is 19.5 Å². The number of hydrogen-bond acceptors (Lipinski definition) is 3. The largest absolute Gasteiger partial charge is 0.352 e. The van der Waals surface area contributed by atoms with Crippen LogP contribution in [0.3, 0.4) is 0 Å². The van der Waals surface area contributed by atoms with E-state index in [0.717, 1.165) is 17.5 Å².